The molecule has 2 N–H and O–H groups in total. The van der Waals surface area contributed by atoms with Crippen molar-refractivity contribution < 1.29 is 9.90 Å². The lowest BCUT2D eigenvalue weighted by Crippen LogP contribution is -2.27. The average molecular weight is 446 g/mol. The number of aliphatic hydroxyl groups excluding tert-OH is 1. The van der Waals surface area contributed by atoms with Crippen LogP contribution in [0.1, 0.15) is 135 Å². The summed E-state index contributed by atoms with van der Waals surface area (Å²) in [7, 11) is 0. The van der Waals surface area contributed by atoms with Crippen molar-refractivity contribution in [3.05, 3.63) is 29.8 Å². The van der Waals surface area contributed by atoms with Crippen molar-refractivity contribution in [2.75, 3.05) is 5.32 Å². The lowest BCUT2D eigenvalue weighted by molar-refractivity contribution is -0.124. The zero-order valence-corrected chi connectivity index (χ0v) is 21.2. The van der Waals surface area contributed by atoms with Crippen LogP contribution in [0.5, 0.6) is 0 Å². The summed E-state index contributed by atoms with van der Waals surface area (Å²) >= 11 is 0. The summed E-state index contributed by atoms with van der Waals surface area (Å²) in [5.74, 6) is -0.308. The van der Waals surface area contributed by atoms with Gasteiger partial charge in [0.05, 0.1) is 0 Å². The van der Waals surface area contributed by atoms with Crippen molar-refractivity contribution in [2.45, 2.75) is 142 Å². The van der Waals surface area contributed by atoms with Crippen LogP contribution < -0.4 is 5.32 Å². The molecule has 0 fully saturated rings. The van der Waals surface area contributed by atoms with Gasteiger partial charge in [-0.05, 0) is 37.0 Å². The second-order valence-corrected chi connectivity index (χ2v) is 9.54. The van der Waals surface area contributed by atoms with Gasteiger partial charge in [-0.1, -0.05) is 129 Å². The second-order valence-electron chi connectivity index (χ2n) is 9.54. The number of benzene rings is 1. The van der Waals surface area contributed by atoms with Gasteiger partial charge in [-0.3, -0.25) is 4.79 Å². The van der Waals surface area contributed by atoms with Gasteiger partial charge in [0.25, 0.3) is 5.91 Å². The standard InChI is InChI=1S/C29H51NO2/c1-3-5-6-7-8-9-10-11-12-13-14-15-16-17-18-19-21-26-22-24-27(25-23-26)30-29(32)28(31)20-4-2/h22-25,28,31H,3-21H2,1-2H3,(H,30,32). The number of unbranched alkanes of at least 4 members (excludes halogenated alkanes) is 15. The number of aryl methyl sites for hydroxylation is 1. The Labute approximate surface area is 198 Å². The molecule has 1 aromatic rings. The van der Waals surface area contributed by atoms with Gasteiger partial charge >= 0.3 is 0 Å². The molecule has 0 saturated heterocycles. The Morgan fingerprint density at radius 1 is 0.688 bits per heavy atom. The average Bonchev–Trinajstić information content (AvgIpc) is 2.80. The summed E-state index contributed by atoms with van der Waals surface area (Å²) in [4.78, 5) is 11.9. The minimum atomic E-state index is -0.912. The smallest absolute Gasteiger partial charge is 0.253 e. The summed E-state index contributed by atoms with van der Waals surface area (Å²) in [6.45, 7) is 4.25. The van der Waals surface area contributed by atoms with E-state index in [1.165, 1.54) is 108 Å². The van der Waals surface area contributed by atoms with Gasteiger partial charge in [0.1, 0.15) is 6.10 Å². The number of hydrogen-bond donors (Lipinski definition) is 2. The molecule has 0 bridgehead atoms. The molecule has 0 spiro atoms. The topological polar surface area (TPSA) is 49.3 Å². The van der Waals surface area contributed by atoms with Crippen LogP contribution >= 0.6 is 0 Å². The van der Waals surface area contributed by atoms with Crippen LogP contribution in [0.3, 0.4) is 0 Å². The summed E-state index contributed by atoms with van der Waals surface area (Å²) in [5.41, 5.74) is 2.09. The van der Waals surface area contributed by atoms with Gasteiger partial charge in [-0.25, -0.2) is 0 Å². The van der Waals surface area contributed by atoms with Crippen LogP contribution in [-0.2, 0) is 11.2 Å². The number of nitrogens with one attached hydrogen (secondary N) is 1. The normalized spacial score (nSPS) is 12.1. The van der Waals surface area contributed by atoms with Crippen molar-refractivity contribution in [2.24, 2.45) is 0 Å². The molecule has 0 aliphatic carbocycles. The van der Waals surface area contributed by atoms with Crippen molar-refractivity contribution in [1.82, 2.24) is 0 Å². The van der Waals surface area contributed by atoms with E-state index in [4.69, 9.17) is 0 Å². The van der Waals surface area contributed by atoms with E-state index in [0.29, 0.717) is 6.42 Å². The number of carbonyl (C=O) groups is 1. The van der Waals surface area contributed by atoms with Crippen LogP contribution in [0, 0.1) is 0 Å². The van der Waals surface area contributed by atoms with E-state index in [2.05, 4.69) is 24.4 Å². The zero-order valence-electron chi connectivity index (χ0n) is 21.2. The third kappa shape index (κ3) is 15.5. The number of carbonyl (C=O) groups excluding carboxylic acids is 1. The highest BCUT2D eigenvalue weighted by molar-refractivity contribution is 5.93. The predicted molar refractivity (Wildman–Crippen MR) is 139 cm³/mol. The predicted octanol–water partition coefficient (Wildman–Crippen LogP) is 8.59. The van der Waals surface area contributed by atoms with Crippen LogP contribution in [0.4, 0.5) is 5.69 Å². The van der Waals surface area contributed by atoms with Gasteiger partial charge in [0, 0.05) is 5.69 Å². The van der Waals surface area contributed by atoms with Crippen molar-refractivity contribution in [3.63, 3.8) is 0 Å². The van der Waals surface area contributed by atoms with E-state index < -0.39 is 6.10 Å². The molecule has 1 rings (SSSR count). The first-order chi connectivity index (χ1) is 15.7. The number of aliphatic hydroxyl groups is 1. The minimum Gasteiger partial charge on any atom is -0.383 e. The molecule has 184 valence electrons. The Kier molecular flexibility index (Phi) is 18.2. The van der Waals surface area contributed by atoms with Gasteiger partial charge in [-0.15, -0.1) is 0 Å². The largest absolute Gasteiger partial charge is 0.383 e. The Balaban J connectivity index is 1.92. The molecular formula is C29H51NO2. The molecule has 1 atom stereocenters. The van der Waals surface area contributed by atoms with E-state index in [9.17, 15) is 9.90 Å². The molecule has 3 heteroatoms. The quantitative estimate of drug-likeness (QED) is 0.186. The van der Waals surface area contributed by atoms with Crippen molar-refractivity contribution in [1.29, 1.82) is 0 Å². The lowest BCUT2D eigenvalue weighted by Gasteiger charge is -2.11. The molecule has 3 nitrogen and oxygen atoms in total. The molecule has 1 aromatic carbocycles. The van der Waals surface area contributed by atoms with E-state index in [1.54, 1.807) is 0 Å². The van der Waals surface area contributed by atoms with Gasteiger partial charge < -0.3 is 10.4 Å². The highest BCUT2D eigenvalue weighted by atomic mass is 16.3. The Morgan fingerprint density at radius 3 is 1.56 bits per heavy atom. The highest BCUT2D eigenvalue weighted by Gasteiger charge is 2.13. The molecule has 1 amide bonds. The van der Waals surface area contributed by atoms with Gasteiger partial charge in [0.15, 0.2) is 0 Å². The Hall–Kier alpha value is -1.35. The molecule has 0 saturated carbocycles. The molecule has 0 radical (unpaired) electrons. The van der Waals surface area contributed by atoms with Gasteiger partial charge in [0.2, 0.25) is 0 Å². The maximum absolute atomic E-state index is 11.9. The SMILES string of the molecule is CCCCCCCCCCCCCCCCCCc1ccc(NC(=O)C(O)CCC)cc1. The fourth-order valence-electron chi connectivity index (χ4n) is 4.26. The molecular weight excluding hydrogens is 394 g/mol. The first-order valence-corrected chi connectivity index (χ1v) is 13.7. The zero-order chi connectivity index (χ0) is 23.3. The van der Waals surface area contributed by atoms with E-state index >= 15 is 0 Å². The summed E-state index contributed by atoms with van der Waals surface area (Å²) in [6, 6.07) is 8.07. The molecule has 0 aliphatic heterocycles. The van der Waals surface area contributed by atoms with Crippen LogP contribution in [0.25, 0.3) is 0 Å². The Morgan fingerprint density at radius 2 is 1.12 bits per heavy atom. The molecule has 0 heterocycles. The number of hydrogen-bond acceptors (Lipinski definition) is 2. The van der Waals surface area contributed by atoms with E-state index in [-0.39, 0.29) is 5.91 Å². The number of rotatable bonds is 21. The van der Waals surface area contributed by atoms with E-state index in [0.717, 1.165) is 18.5 Å². The first kappa shape index (κ1) is 28.7. The number of amides is 1. The first-order valence-electron chi connectivity index (χ1n) is 13.7. The summed E-state index contributed by atoms with van der Waals surface area (Å²) < 4.78 is 0. The van der Waals surface area contributed by atoms with E-state index in [1.807, 2.05) is 19.1 Å². The maximum Gasteiger partial charge on any atom is 0.253 e. The second kappa shape index (κ2) is 20.3. The fraction of sp³-hybridized carbons (Fsp3) is 0.759. The third-order valence-electron chi connectivity index (χ3n) is 6.41. The fourth-order valence-corrected chi connectivity index (χ4v) is 4.26. The summed E-state index contributed by atoms with van der Waals surface area (Å²) in [5, 5.41) is 12.5. The van der Waals surface area contributed by atoms with Crippen molar-refractivity contribution in [3.8, 4) is 0 Å². The minimum absolute atomic E-state index is 0.308. The molecule has 0 aliphatic rings. The van der Waals surface area contributed by atoms with Crippen LogP contribution in [-0.4, -0.2) is 17.1 Å². The number of anilines is 1. The molecule has 1 unspecified atom stereocenters. The molecule has 0 aromatic heterocycles. The molecule has 32 heavy (non-hydrogen) atoms. The summed E-state index contributed by atoms with van der Waals surface area (Å²) in [6.07, 6.45) is 23.9. The monoisotopic (exact) mass is 445 g/mol. The highest BCUT2D eigenvalue weighted by Crippen LogP contribution is 2.16. The Bertz CT molecular complexity index is 555. The van der Waals surface area contributed by atoms with Crippen LogP contribution in [0.2, 0.25) is 0 Å². The lowest BCUT2D eigenvalue weighted by atomic mass is 10.0. The third-order valence-corrected chi connectivity index (χ3v) is 6.41. The van der Waals surface area contributed by atoms with Gasteiger partial charge in [-0.2, -0.15) is 0 Å². The van der Waals surface area contributed by atoms with Crippen molar-refractivity contribution >= 4 is 11.6 Å². The maximum atomic E-state index is 11.9. The van der Waals surface area contributed by atoms with Crippen LogP contribution in [0.15, 0.2) is 24.3 Å².